The molecule has 0 bridgehead atoms. The Labute approximate surface area is 209 Å². The summed E-state index contributed by atoms with van der Waals surface area (Å²) in [5.74, 6) is -0.771. The van der Waals surface area contributed by atoms with Crippen molar-refractivity contribution in [1.82, 2.24) is 4.57 Å². The van der Waals surface area contributed by atoms with Crippen LogP contribution in [0.4, 0.5) is 11.4 Å². The standard InChI is InChI=1S/C28H28N6O2/c29-26(30)21-8-7-20-15-25(28(36)32-22-9-11-23(12-10-22)33-13-1-2-14-33)34(24(20)16-21)17-18-3-5-19(6-4-18)27(31)35/h3-12,15-16H,1-2,13-14,17H2,(H3,29,30)(H2,31,35)(H,32,36). The molecule has 1 aliphatic heterocycles. The van der Waals surface area contributed by atoms with E-state index < -0.39 is 5.91 Å². The first-order valence-electron chi connectivity index (χ1n) is 11.9. The fraction of sp³-hybridized carbons (Fsp3) is 0.179. The van der Waals surface area contributed by atoms with Gasteiger partial charge in [-0.05, 0) is 66.9 Å². The maximum absolute atomic E-state index is 13.4. The summed E-state index contributed by atoms with van der Waals surface area (Å²) in [4.78, 5) is 27.2. The zero-order valence-corrected chi connectivity index (χ0v) is 19.8. The highest BCUT2D eigenvalue weighted by molar-refractivity contribution is 6.07. The van der Waals surface area contributed by atoms with Crippen LogP contribution in [0, 0.1) is 5.41 Å². The molecule has 1 aromatic heterocycles. The second-order valence-corrected chi connectivity index (χ2v) is 9.06. The summed E-state index contributed by atoms with van der Waals surface area (Å²) in [5, 5.41) is 11.7. The number of nitrogens with one attached hydrogen (secondary N) is 2. The molecule has 0 saturated carbocycles. The lowest BCUT2D eigenvalue weighted by Gasteiger charge is -2.18. The van der Waals surface area contributed by atoms with Crippen LogP contribution in [0.1, 0.15) is 44.8 Å². The third kappa shape index (κ3) is 4.65. The van der Waals surface area contributed by atoms with Crippen LogP contribution in [0.3, 0.4) is 0 Å². The normalized spacial score (nSPS) is 13.2. The number of amidine groups is 1. The summed E-state index contributed by atoms with van der Waals surface area (Å²) >= 11 is 0. The molecular formula is C28H28N6O2. The average Bonchev–Trinajstić information content (AvgIpc) is 3.53. The first kappa shape index (κ1) is 23.2. The molecule has 5 rings (SSSR count). The molecule has 2 heterocycles. The Kier molecular flexibility index (Phi) is 6.16. The van der Waals surface area contributed by atoms with Crippen molar-refractivity contribution >= 4 is 39.9 Å². The Morgan fingerprint density at radius 1 is 0.861 bits per heavy atom. The Hall–Kier alpha value is -4.59. The predicted octanol–water partition coefficient (Wildman–Crippen LogP) is 3.93. The van der Waals surface area contributed by atoms with Crippen molar-refractivity contribution in [2.24, 2.45) is 11.5 Å². The lowest BCUT2D eigenvalue weighted by Crippen LogP contribution is -2.19. The van der Waals surface area contributed by atoms with Crippen molar-refractivity contribution < 1.29 is 9.59 Å². The maximum atomic E-state index is 13.4. The smallest absolute Gasteiger partial charge is 0.272 e. The molecule has 1 fully saturated rings. The van der Waals surface area contributed by atoms with E-state index in [0.29, 0.717) is 23.4 Å². The molecule has 0 unspecified atom stereocenters. The zero-order valence-electron chi connectivity index (χ0n) is 19.8. The summed E-state index contributed by atoms with van der Waals surface area (Å²) in [6, 6.07) is 22.2. The Morgan fingerprint density at radius 3 is 2.17 bits per heavy atom. The second-order valence-electron chi connectivity index (χ2n) is 9.06. The van der Waals surface area contributed by atoms with Gasteiger partial charge in [0.15, 0.2) is 0 Å². The molecule has 1 saturated heterocycles. The SMILES string of the molecule is N=C(N)c1ccc2cc(C(=O)Nc3ccc(N4CCCC4)cc3)n(Cc3ccc(C(N)=O)cc3)c2c1. The average molecular weight is 481 g/mol. The monoisotopic (exact) mass is 480 g/mol. The third-order valence-electron chi connectivity index (χ3n) is 6.62. The largest absolute Gasteiger partial charge is 0.384 e. The number of primary amides is 1. The van der Waals surface area contributed by atoms with E-state index in [4.69, 9.17) is 16.9 Å². The van der Waals surface area contributed by atoms with Gasteiger partial charge in [0.25, 0.3) is 5.91 Å². The molecule has 4 aromatic rings. The minimum Gasteiger partial charge on any atom is -0.384 e. The number of anilines is 2. The van der Waals surface area contributed by atoms with Crippen molar-refractivity contribution in [3.05, 3.63) is 95.2 Å². The van der Waals surface area contributed by atoms with Crippen molar-refractivity contribution in [2.45, 2.75) is 19.4 Å². The van der Waals surface area contributed by atoms with Crippen LogP contribution >= 0.6 is 0 Å². The third-order valence-corrected chi connectivity index (χ3v) is 6.62. The van der Waals surface area contributed by atoms with Crippen LogP contribution in [-0.4, -0.2) is 35.3 Å². The lowest BCUT2D eigenvalue weighted by atomic mass is 10.1. The summed E-state index contributed by atoms with van der Waals surface area (Å²) in [5.41, 5.74) is 16.1. The van der Waals surface area contributed by atoms with Gasteiger partial charge in [-0.15, -0.1) is 0 Å². The number of rotatable bonds is 7. The highest BCUT2D eigenvalue weighted by Crippen LogP contribution is 2.26. The topological polar surface area (TPSA) is 130 Å². The number of carbonyl (C=O) groups excluding carboxylic acids is 2. The fourth-order valence-corrected chi connectivity index (χ4v) is 4.66. The van der Waals surface area contributed by atoms with Crippen molar-refractivity contribution in [1.29, 1.82) is 5.41 Å². The van der Waals surface area contributed by atoms with Gasteiger partial charge in [-0.25, -0.2) is 0 Å². The molecule has 2 amide bonds. The van der Waals surface area contributed by atoms with Gasteiger partial charge >= 0.3 is 0 Å². The number of nitrogens with zero attached hydrogens (tertiary/aromatic N) is 2. The Bertz CT molecular complexity index is 1450. The number of nitrogens with two attached hydrogens (primary N) is 2. The molecule has 8 nitrogen and oxygen atoms in total. The van der Waals surface area contributed by atoms with Crippen molar-refractivity contribution in [3.8, 4) is 0 Å². The molecule has 1 aliphatic rings. The van der Waals surface area contributed by atoms with Crippen LogP contribution < -0.4 is 21.7 Å². The van der Waals surface area contributed by atoms with E-state index in [1.165, 1.54) is 12.8 Å². The fourth-order valence-electron chi connectivity index (χ4n) is 4.66. The van der Waals surface area contributed by atoms with Crippen LogP contribution in [0.2, 0.25) is 0 Å². The van der Waals surface area contributed by atoms with E-state index in [1.807, 2.05) is 59.2 Å². The number of benzene rings is 3. The van der Waals surface area contributed by atoms with Crippen LogP contribution in [0.5, 0.6) is 0 Å². The predicted molar refractivity (Wildman–Crippen MR) is 143 cm³/mol. The van der Waals surface area contributed by atoms with Gasteiger partial charge in [-0.1, -0.05) is 24.3 Å². The van der Waals surface area contributed by atoms with E-state index in [-0.39, 0.29) is 11.7 Å². The molecule has 0 aliphatic carbocycles. The molecule has 0 spiro atoms. The number of carbonyl (C=O) groups is 2. The van der Waals surface area contributed by atoms with Gasteiger partial charge in [-0.2, -0.15) is 0 Å². The molecule has 6 N–H and O–H groups in total. The van der Waals surface area contributed by atoms with E-state index in [1.54, 1.807) is 18.2 Å². The summed E-state index contributed by atoms with van der Waals surface area (Å²) in [6.45, 7) is 2.52. The highest BCUT2D eigenvalue weighted by Gasteiger charge is 2.18. The number of hydrogen-bond acceptors (Lipinski definition) is 4. The Morgan fingerprint density at radius 2 is 1.53 bits per heavy atom. The summed E-state index contributed by atoms with van der Waals surface area (Å²) in [6.07, 6.45) is 2.42. The van der Waals surface area contributed by atoms with Gasteiger partial charge in [-0.3, -0.25) is 15.0 Å². The molecule has 0 atom stereocenters. The number of amides is 2. The quantitative estimate of drug-likeness (QED) is 0.236. The molecular weight excluding hydrogens is 452 g/mol. The van der Waals surface area contributed by atoms with E-state index in [2.05, 4.69) is 10.2 Å². The first-order valence-corrected chi connectivity index (χ1v) is 11.9. The molecule has 36 heavy (non-hydrogen) atoms. The van der Waals surface area contributed by atoms with E-state index in [0.717, 1.165) is 40.9 Å². The van der Waals surface area contributed by atoms with Crippen LogP contribution in [0.25, 0.3) is 10.9 Å². The minimum atomic E-state index is -0.491. The van der Waals surface area contributed by atoms with Gasteiger partial charge < -0.3 is 26.3 Å². The minimum absolute atomic E-state index is 0.0421. The second kappa shape index (κ2) is 9.58. The lowest BCUT2D eigenvalue weighted by molar-refractivity contribution is 0.0997. The van der Waals surface area contributed by atoms with Gasteiger partial charge in [0.05, 0.1) is 0 Å². The molecule has 0 radical (unpaired) electrons. The Balaban J connectivity index is 1.47. The highest BCUT2D eigenvalue weighted by atomic mass is 16.2. The number of hydrogen-bond donors (Lipinski definition) is 4. The summed E-state index contributed by atoms with van der Waals surface area (Å²) in [7, 11) is 0. The molecule has 8 heteroatoms. The van der Waals surface area contributed by atoms with Gasteiger partial charge in [0.2, 0.25) is 5.91 Å². The zero-order chi connectivity index (χ0) is 25.2. The maximum Gasteiger partial charge on any atom is 0.272 e. The van der Waals surface area contributed by atoms with E-state index in [9.17, 15) is 9.59 Å². The van der Waals surface area contributed by atoms with Crippen molar-refractivity contribution in [3.63, 3.8) is 0 Å². The summed E-state index contributed by atoms with van der Waals surface area (Å²) < 4.78 is 1.90. The molecule has 182 valence electrons. The van der Waals surface area contributed by atoms with Gasteiger partial charge in [0.1, 0.15) is 11.5 Å². The van der Waals surface area contributed by atoms with Crippen LogP contribution in [-0.2, 0) is 6.54 Å². The molecule has 3 aromatic carbocycles. The van der Waals surface area contributed by atoms with Crippen LogP contribution in [0.15, 0.2) is 72.8 Å². The number of nitrogen functional groups attached to an aromatic ring is 1. The van der Waals surface area contributed by atoms with E-state index >= 15 is 0 Å². The number of fused-ring (bicyclic) bond motifs is 1. The first-order chi connectivity index (χ1) is 17.4. The van der Waals surface area contributed by atoms with Crippen molar-refractivity contribution in [2.75, 3.05) is 23.3 Å². The number of aromatic nitrogens is 1. The van der Waals surface area contributed by atoms with Gasteiger partial charge in [0, 0.05) is 53.0 Å².